The molecular formula is C22H29NO2. The Hall–Kier alpha value is -2.16. The Balaban J connectivity index is 2.19. The van der Waals surface area contributed by atoms with Gasteiger partial charge in [-0.05, 0) is 38.0 Å². The molecule has 0 unspecified atom stereocenters. The number of carbonyl (C=O) groups is 1. The van der Waals surface area contributed by atoms with Crippen LogP contribution in [0.25, 0.3) is 17.0 Å². The second kappa shape index (κ2) is 9.97. The third-order valence-corrected chi connectivity index (χ3v) is 4.37. The predicted molar refractivity (Wildman–Crippen MR) is 105 cm³/mol. The summed E-state index contributed by atoms with van der Waals surface area (Å²) in [5.74, 6) is 0.422. The Morgan fingerprint density at radius 2 is 1.88 bits per heavy atom. The third-order valence-electron chi connectivity index (χ3n) is 4.37. The zero-order chi connectivity index (χ0) is 18.1. The highest BCUT2D eigenvalue weighted by Gasteiger charge is 2.14. The number of benzene rings is 1. The average Bonchev–Trinajstić information content (AvgIpc) is 2.63. The van der Waals surface area contributed by atoms with Gasteiger partial charge in [0.05, 0.1) is 11.2 Å². The maximum atomic E-state index is 11.8. The van der Waals surface area contributed by atoms with Crippen LogP contribution in [-0.4, -0.2) is 11.0 Å². The monoisotopic (exact) mass is 339 g/mol. The van der Waals surface area contributed by atoms with Crippen LogP contribution in [-0.2, 0) is 4.79 Å². The van der Waals surface area contributed by atoms with Gasteiger partial charge < -0.3 is 4.74 Å². The molecule has 0 saturated carbocycles. The minimum atomic E-state index is -0.217. The Labute approximate surface area is 151 Å². The number of hydrogen-bond donors (Lipinski definition) is 0. The molecule has 0 aliphatic heterocycles. The molecule has 1 aromatic heterocycles. The summed E-state index contributed by atoms with van der Waals surface area (Å²) >= 11 is 0. The molecular weight excluding hydrogens is 310 g/mol. The van der Waals surface area contributed by atoms with Crippen molar-refractivity contribution in [2.75, 3.05) is 0 Å². The van der Waals surface area contributed by atoms with E-state index in [-0.39, 0.29) is 5.97 Å². The van der Waals surface area contributed by atoms with Crippen LogP contribution in [0.3, 0.4) is 0 Å². The number of carbonyl (C=O) groups excluding carboxylic acids is 1. The van der Waals surface area contributed by atoms with Crippen molar-refractivity contribution in [3.8, 4) is 5.75 Å². The molecule has 3 heteroatoms. The lowest BCUT2D eigenvalue weighted by atomic mass is 10.1. The maximum Gasteiger partial charge on any atom is 0.310 e. The summed E-state index contributed by atoms with van der Waals surface area (Å²) in [6, 6.07) is 7.81. The SMILES string of the molecule is CCCCCCC/C=C/c1nc2ccccc2c(OC(=O)CC)c1C. The molecule has 0 bridgehead atoms. The lowest BCUT2D eigenvalue weighted by Gasteiger charge is -2.12. The van der Waals surface area contributed by atoms with Crippen molar-refractivity contribution in [3.05, 3.63) is 41.6 Å². The van der Waals surface area contributed by atoms with Crippen LogP contribution in [0.1, 0.15) is 70.1 Å². The van der Waals surface area contributed by atoms with Gasteiger partial charge in [-0.25, -0.2) is 4.98 Å². The quantitative estimate of drug-likeness (QED) is 0.401. The van der Waals surface area contributed by atoms with Crippen molar-refractivity contribution in [3.63, 3.8) is 0 Å². The number of unbranched alkanes of at least 4 members (excludes halogenated alkanes) is 5. The second-order valence-electron chi connectivity index (χ2n) is 6.40. The normalized spacial score (nSPS) is 11.3. The molecule has 2 rings (SSSR count). The van der Waals surface area contributed by atoms with Crippen molar-refractivity contribution >= 4 is 22.9 Å². The standard InChI is InChI=1S/C22H29NO2/c1-4-6-7-8-9-10-11-15-19-17(3)22(25-21(24)5-2)18-14-12-13-16-20(18)23-19/h11-16H,4-10H2,1-3H3/b15-11+. The molecule has 0 N–H and O–H groups in total. The number of nitrogens with zero attached hydrogens (tertiary/aromatic N) is 1. The van der Waals surface area contributed by atoms with Gasteiger partial charge in [-0.2, -0.15) is 0 Å². The van der Waals surface area contributed by atoms with Crippen molar-refractivity contribution in [1.82, 2.24) is 4.98 Å². The van der Waals surface area contributed by atoms with E-state index in [4.69, 9.17) is 9.72 Å². The second-order valence-corrected chi connectivity index (χ2v) is 6.40. The van der Waals surface area contributed by atoms with Crippen LogP contribution < -0.4 is 4.74 Å². The summed E-state index contributed by atoms with van der Waals surface area (Å²) in [5.41, 5.74) is 2.66. The van der Waals surface area contributed by atoms with Crippen LogP contribution in [0.2, 0.25) is 0 Å². The van der Waals surface area contributed by atoms with E-state index in [1.807, 2.05) is 31.2 Å². The minimum Gasteiger partial charge on any atom is -0.425 e. The van der Waals surface area contributed by atoms with Crippen molar-refractivity contribution in [1.29, 1.82) is 0 Å². The van der Waals surface area contributed by atoms with Gasteiger partial charge >= 0.3 is 5.97 Å². The molecule has 0 radical (unpaired) electrons. The smallest absolute Gasteiger partial charge is 0.310 e. The minimum absolute atomic E-state index is 0.217. The number of esters is 1. The van der Waals surface area contributed by atoms with Crippen LogP contribution >= 0.6 is 0 Å². The first kappa shape index (κ1) is 19.2. The molecule has 0 fully saturated rings. The fraction of sp³-hybridized carbons (Fsp3) is 0.455. The molecule has 2 aromatic rings. The van der Waals surface area contributed by atoms with E-state index in [2.05, 4.69) is 19.1 Å². The van der Waals surface area contributed by atoms with Gasteiger partial charge in [-0.3, -0.25) is 4.79 Å². The van der Waals surface area contributed by atoms with Crippen LogP contribution in [0.5, 0.6) is 5.75 Å². The van der Waals surface area contributed by atoms with Crippen molar-refractivity contribution in [2.24, 2.45) is 0 Å². The number of ether oxygens (including phenoxy) is 1. The predicted octanol–water partition coefficient (Wildman–Crippen LogP) is 6.23. The number of hydrogen-bond acceptors (Lipinski definition) is 3. The average molecular weight is 339 g/mol. The molecule has 1 heterocycles. The van der Waals surface area contributed by atoms with Crippen LogP contribution in [0.4, 0.5) is 0 Å². The van der Waals surface area contributed by atoms with Gasteiger partial charge in [-0.1, -0.05) is 57.7 Å². The summed E-state index contributed by atoms with van der Waals surface area (Å²) in [6.45, 7) is 6.01. The number of rotatable bonds is 9. The first-order valence-electron chi connectivity index (χ1n) is 9.43. The molecule has 25 heavy (non-hydrogen) atoms. The molecule has 0 aliphatic carbocycles. The highest BCUT2D eigenvalue weighted by atomic mass is 16.5. The Morgan fingerprint density at radius 3 is 2.64 bits per heavy atom. The van der Waals surface area contributed by atoms with Gasteiger partial charge in [0.15, 0.2) is 0 Å². The first-order chi connectivity index (χ1) is 12.2. The summed E-state index contributed by atoms with van der Waals surface area (Å²) in [4.78, 5) is 16.6. The summed E-state index contributed by atoms with van der Waals surface area (Å²) in [7, 11) is 0. The van der Waals surface area contributed by atoms with E-state index in [0.29, 0.717) is 12.2 Å². The van der Waals surface area contributed by atoms with Crippen LogP contribution in [0.15, 0.2) is 30.3 Å². The van der Waals surface area contributed by atoms with E-state index in [1.54, 1.807) is 6.92 Å². The molecule has 134 valence electrons. The van der Waals surface area contributed by atoms with Gasteiger partial charge in [0.1, 0.15) is 5.75 Å². The Bertz CT molecular complexity index is 734. The Morgan fingerprint density at radius 1 is 1.12 bits per heavy atom. The number of fused-ring (bicyclic) bond motifs is 1. The van der Waals surface area contributed by atoms with E-state index in [0.717, 1.165) is 28.6 Å². The zero-order valence-corrected chi connectivity index (χ0v) is 15.7. The largest absolute Gasteiger partial charge is 0.425 e. The summed E-state index contributed by atoms with van der Waals surface area (Å²) < 4.78 is 5.61. The molecule has 0 saturated heterocycles. The van der Waals surface area contributed by atoms with Crippen molar-refractivity contribution < 1.29 is 9.53 Å². The zero-order valence-electron chi connectivity index (χ0n) is 15.7. The lowest BCUT2D eigenvalue weighted by Crippen LogP contribution is -2.08. The van der Waals surface area contributed by atoms with Gasteiger partial charge in [0, 0.05) is 17.4 Å². The van der Waals surface area contributed by atoms with Gasteiger partial charge in [0.25, 0.3) is 0 Å². The molecule has 0 atom stereocenters. The van der Waals surface area contributed by atoms with E-state index in [1.165, 1.54) is 32.1 Å². The fourth-order valence-corrected chi connectivity index (χ4v) is 2.84. The highest BCUT2D eigenvalue weighted by molar-refractivity contribution is 5.90. The molecule has 0 aliphatic rings. The van der Waals surface area contributed by atoms with Crippen molar-refractivity contribution in [2.45, 2.75) is 65.7 Å². The molecule has 3 nitrogen and oxygen atoms in total. The topological polar surface area (TPSA) is 39.2 Å². The van der Waals surface area contributed by atoms with E-state index >= 15 is 0 Å². The number of allylic oxidation sites excluding steroid dienone is 1. The Kier molecular flexibility index (Phi) is 7.65. The molecule has 0 amide bonds. The summed E-state index contributed by atoms with van der Waals surface area (Å²) in [6.07, 6.45) is 12.1. The fourth-order valence-electron chi connectivity index (χ4n) is 2.84. The van der Waals surface area contributed by atoms with E-state index < -0.39 is 0 Å². The first-order valence-corrected chi connectivity index (χ1v) is 9.43. The third kappa shape index (κ3) is 5.42. The van der Waals surface area contributed by atoms with E-state index in [9.17, 15) is 4.79 Å². The van der Waals surface area contributed by atoms with Gasteiger partial charge in [0.2, 0.25) is 0 Å². The maximum absolute atomic E-state index is 11.8. The lowest BCUT2D eigenvalue weighted by molar-refractivity contribution is -0.133. The summed E-state index contributed by atoms with van der Waals surface area (Å²) in [5, 5.41) is 0.888. The number of para-hydroxylation sites is 1. The van der Waals surface area contributed by atoms with Gasteiger partial charge in [-0.15, -0.1) is 0 Å². The number of pyridine rings is 1. The molecule has 0 spiro atoms. The van der Waals surface area contributed by atoms with Crippen LogP contribution in [0, 0.1) is 6.92 Å². The highest BCUT2D eigenvalue weighted by Crippen LogP contribution is 2.31. The molecule has 1 aromatic carbocycles. The number of aromatic nitrogens is 1.